The number of rotatable bonds is 2. The fourth-order valence-electron chi connectivity index (χ4n) is 1.86. The van der Waals surface area contributed by atoms with E-state index in [-0.39, 0.29) is 17.3 Å². The van der Waals surface area contributed by atoms with E-state index in [2.05, 4.69) is 0 Å². The van der Waals surface area contributed by atoms with Gasteiger partial charge in [0.2, 0.25) is 0 Å². The smallest absolute Gasteiger partial charge is 0.123 e. The molecule has 1 fully saturated rings. The largest absolute Gasteiger partial charge is 0.303 e. The first-order chi connectivity index (χ1) is 5.12. The maximum absolute atomic E-state index is 10.6. The molecule has 0 saturated heterocycles. The highest BCUT2D eigenvalue weighted by atomic mass is 16.1. The highest BCUT2D eigenvalue weighted by Crippen LogP contribution is 2.45. The number of hydrogen-bond donors (Lipinski definition) is 0. The van der Waals surface area contributed by atoms with Crippen molar-refractivity contribution in [3.8, 4) is 0 Å². The molecular formula is C9H14O2. The molecule has 1 aliphatic carbocycles. The molecule has 2 nitrogen and oxygen atoms in total. The van der Waals surface area contributed by atoms with Crippen molar-refractivity contribution in [3.05, 3.63) is 0 Å². The first-order valence-electron chi connectivity index (χ1n) is 4.03. The standard InChI is InChI=1S/C9H14O2/c1-9(2)7(5-10)3-4-8(9)6-11/h5-8H,3-4H2,1-2H3. The Morgan fingerprint density at radius 2 is 1.45 bits per heavy atom. The van der Waals surface area contributed by atoms with Crippen LogP contribution in [0.25, 0.3) is 0 Å². The molecule has 0 spiro atoms. The van der Waals surface area contributed by atoms with Crippen molar-refractivity contribution in [2.24, 2.45) is 17.3 Å². The Morgan fingerprint density at radius 1 is 1.09 bits per heavy atom. The maximum Gasteiger partial charge on any atom is 0.123 e. The predicted octanol–water partition coefficient (Wildman–Crippen LogP) is 1.44. The van der Waals surface area contributed by atoms with E-state index in [9.17, 15) is 9.59 Å². The van der Waals surface area contributed by atoms with Crippen molar-refractivity contribution >= 4 is 12.6 Å². The summed E-state index contributed by atoms with van der Waals surface area (Å²) in [6.07, 6.45) is 3.73. The average Bonchev–Trinajstić information content (AvgIpc) is 2.24. The van der Waals surface area contributed by atoms with Crippen LogP contribution in [0.15, 0.2) is 0 Å². The van der Waals surface area contributed by atoms with E-state index >= 15 is 0 Å². The minimum atomic E-state index is -0.108. The lowest BCUT2D eigenvalue weighted by atomic mass is 9.77. The average molecular weight is 154 g/mol. The summed E-state index contributed by atoms with van der Waals surface area (Å²) in [6, 6.07) is 0. The molecule has 0 radical (unpaired) electrons. The van der Waals surface area contributed by atoms with Gasteiger partial charge in [-0.05, 0) is 18.3 Å². The quantitative estimate of drug-likeness (QED) is 0.564. The SMILES string of the molecule is CC1(C)C(C=O)CCC1C=O. The van der Waals surface area contributed by atoms with Gasteiger partial charge in [0.15, 0.2) is 0 Å². The molecule has 2 unspecified atom stereocenters. The molecule has 0 aromatic carbocycles. The van der Waals surface area contributed by atoms with E-state index in [0.29, 0.717) is 0 Å². The first-order valence-corrected chi connectivity index (χ1v) is 4.03. The molecule has 0 amide bonds. The van der Waals surface area contributed by atoms with Crippen molar-refractivity contribution < 1.29 is 9.59 Å². The molecule has 1 aliphatic rings. The maximum atomic E-state index is 10.6. The number of carbonyl (C=O) groups is 2. The second kappa shape index (κ2) is 2.76. The van der Waals surface area contributed by atoms with E-state index < -0.39 is 0 Å². The van der Waals surface area contributed by atoms with Gasteiger partial charge >= 0.3 is 0 Å². The van der Waals surface area contributed by atoms with Gasteiger partial charge in [0.1, 0.15) is 12.6 Å². The zero-order valence-electron chi connectivity index (χ0n) is 7.04. The van der Waals surface area contributed by atoms with E-state index in [1.54, 1.807) is 0 Å². The molecule has 2 heteroatoms. The van der Waals surface area contributed by atoms with Crippen LogP contribution < -0.4 is 0 Å². The summed E-state index contributed by atoms with van der Waals surface area (Å²) in [4.78, 5) is 21.1. The van der Waals surface area contributed by atoms with Gasteiger partial charge in [-0.1, -0.05) is 13.8 Å². The van der Waals surface area contributed by atoms with Crippen molar-refractivity contribution in [3.63, 3.8) is 0 Å². The Kier molecular flexibility index (Phi) is 2.12. The van der Waals surface area contributed by atoms with Crippen LogP contribution in [0.4, 0.5) is 0 Å². The molecule has 62 valence electrons. The Hall–Kier alpha value is -0.660. The summed E-state index contributed by atoms with van der Waals surface area (Å²) in [7, 11) is 0. The zero-order valence-corrected chi connectivity index (χ0v) is 7.04. The molecule has 0 N–H and O–H groups in total. The summed E-state index contributed by atoms with van der Waals surface area (Å²) < 4.78 is 0. The molecular weight excluding hydrogens is 140 g/mol. The molecule has 2 atom stereocenters. The molecule has 1 rings (SSSR count). The highest BCUT2D eigenvalue weighted by Gasteiger charge is 2.42. The molecule has 11 heavy (non-hydrogen) atoms. The first kappa shape index (κ1) is 8.44. The van der Waals surface area contributed by atoms with Gasteiger partial charge in [0, 0.05) is 11.8 Å². The molecule has 0 bridgehead atoms. The molecule has 0 heterocycles. The van der Waals surface area contributed by atoms with Gasteiger partial charge in [0.05, 0.1) is 0 Å². The Morgan fingerprint density at radius 3 is 1.64 bits per heavy atom. The second-order valence-corrected chi connectivity index (χ2v) is 3.88. The third-order valence-electron chi connectivity index (χ3n) is 3.03. The van der Waals surface area contributed by atoms with E-state index in [4.69, 9.17) is 0 Å². The van der Waals surface area contributed by atoms with Crippen LogP contribution in [0, 0.1) is 17.3 Å². The summed E-state index contributed by atoms with van der Waals surface area (Å²) in [5.41, 5.74) is -0.108. The second-order valence-electron chi connectivity index (χ2n) is 3.88. The predicted molar refractivity (Wildman–Crippen MR) is 42.1 cm³/mol. The molecule has 1 saturated carbocycles. The van der Waals surface area contributed by atoms with Crippen LogP contribution in [0.5, 0.6) is 0 Å². The van der Waals surface area contributed by atoms with Gasteiger partial charge < -0.3 is 9.59 Å². The van der Waals surface area contributed by atoms with Crippen molar-refractivity contribution in [2.75, 3.05) is 0 Å². The monoisotopic (exact) mass is 154 g/mol. The van der Waals surface area contributed by atoms with Crippen LogP contribution in [0.3, 0.4) is 0 Å². The molecule has 0 aromatic rings. The highest BCUT2D eigenvalue weighted by molar-refractivity contribution is 5.62. The van der Waals surface area contributed by atoms with Crippen molar-refractivity contribution in [2.45, 2.75) is 26.7 Å². The minimum absolute atomic E-state index is 0.0812. The summed E-state index contributed by atoms with van der Waals surface area (Å²) in [5.74, 6) is 0.162. The number of aldehydes is 2. The zero-order chi connectivity index (χ0) is 8.48. The Balaban J connectivity index is 2.79. The fourth-order valence-corrected chi connectivity index (χ4v) is 1.86. The summed E-state index contributed by atoms with van der Waals surface area (Å²) in [6.45, 7) is 4.00. The van der Waals surface area contributed by atoms with Gasteiger partial charge in [0.25, 0.3) is 0 Å². The van der Waals surface area contributed by atoms with Crippen LogP contribution in [0.1, 0.15) is 26.7 Å². The van der Waals surface area contributed by atoms with Gasteiger partial charge in [-0.2, -0.15) is 0 Å². The van der Waals surface area contributed by atoms with E-state index in [0.717, 1.165) is 25.4 Å². The van der Waals surface area contributed by atoms with Crippen LogP contribution >= 0.6 is 0 Å². The van der Waals surface area contributed by atoms with Gasteiger partial charge in [-0.3, -0.25) is 0 Å². The van der Waals surface area contributed by atoms with Gasteiger partial charge in [-0.15, -0.1) is 0 Å². The lowest BCUT2D eigenvalue weighted by Gasteiger charge is -2.26. The van der Waals surface area contributed by atoms with Crippen LogP contribution in [0.2, 0.25) is 0 Å². The number of hydrogen-bond acceptors (Lipinski definition) is 2. The third-order valence-corrected chi connectivity index (χ3v) is 3.03. The topological polar surface area (TPSA) is 34.1 Å². The minimum Gasteiger partial charge on any atom is -0.303 e. The van der Waals surface area contributed by atoms with E-state index in [1.165, 1.54) is 0 Å². The van der Waals surface area contributed by atoms with Crippen molar-refractivity contribution in [1.82, 2.24) is 0 Å². The summed E-state index contributed by atoms with van der Waals surface area (Å²) in [5, 5.41) is 0. The Labute approximate surface area is 67.0 Å². The fraction of sp³-hybridized carbons (Fsp3) is 0.778. The van der Waals surface area contributed by atoms with Crippen LogP contribution in [-0.2, 0) is 9.59 Å². The number of carbonyl (C=O) groups excluding carboxylic acids is 2. The lowest BCUT2D eigenvalue weighted by Crippen LogP contribution is -2.26. The lowest BCUT2D eigenvalue weighted by molar-refractivity contribution is -0.116. The van der Waals surface area contributed by atoms with Crippen molar-refractivity contribution in [1.29, 1.82) is 0 Å². The van der Waals surface area contributed by atoms with Gasteiger partial charge in [-0.25, -0.2) is 0 Å². The third kappa shape index (κ3) is 1.22. The Bertz CT molecular complexity index is 154. The van der Waals surface area contributed by atoms with Crippen LogP contribution in [-0.4, -0.2) is 12.6 Å². The molecule has 0 aliphatic heterocycles. The van der Waals surface area contributed by atoms with E-state index in [1.807, 2.05) is 13.8 Å². The normalized spacial score (nSPS) is 35.1. The summed E-state index contributed by atoms with van der Waals surface area (Å²) >= 11 is 0. The molecule has 0 aromatic heterocycles.